The number of rotatable bonds is 0. The second-order valence-electron chi connectivity index (χ2n) is 1.43. The van der Waals surface area contributed by atoms with Gasteiger partial charge < -0.3 is 48.6 Å². The van der Waals surface area contributed by atoms with E-state index in [-0.39, 0.29) is 191 Å². The van der Waals surface area contributed by atoms with Gasteiger partial charge in [-0.25, -0.2) is 0 Å². The van der Waals surface area contributed by atoms with Crippen molar-refractivity contribution in [3.05, 3.63) is 0 Å². The zero-order chi connectivity index (χ0) is 13.5. The minimum absolute atomic E-state index is 0. The molecule has 0 heterocycles. The molecule has 12 nitrogen and oxygen atoms in total. The molecule has 96 valence electrons. The molecule has 0 spiro atoms. The minimum atomic E-state index is -5.39. The molecule has 0 fully saturated rings. The van der Waals surface area contributed by atoms with E-state index < -0.39 is 23.5 Å². The molecule has 0 amide bonds. The molecule has 20 heteroatoms. The SMILES string of the molecule is O=P([O-])(O)O.O=P([O-])(O)O.O=P([O-])([O-])[O-].[K+].[K+].[Na+].[Na+].[Na+]. The molecule has 0 aliphatic rings. The Morgan fingerprint density at radius 2 is 0.550 bits per heavy atom. The summed E-state index contributed by atoms with van der Waals surface area (Å²) >= 11 is 0. The Labute approximate surface area is 265 Å². The molecular weight excluding hydrogens is 432 g/mol. The Balaban J connectivity index is -0.0000000160. The molecule has 0 saturated heterocycles. The van der Waals surface area contributed by atoms with E-state index >= 15 is 0 Å². The van der Waals surface area contributed by atoms with E-state index in [1.807, 2.05) is 0 Å². The summed E-state index contributed by atoms with van der Waals surface area (Å²) < 4.78 is 26.1. The summed E-state index contributed by atoms with van der Waals surface area (Å²) in [6, 6.07) is 0. The van der Waals surface area contributed by atoms with Crippen LogP contribution in [0.3, 0.4) is 0 Å². The topological polar surface area (TPSA) is 247 Å². The first kappa shape index (κ1) is 50.4. The first-order valence-corrected chi connectivity index (χ1v) is 6.78. The number of phosphoric acid groups is 3. The molecule has 0 aromatic heterocycles. The summed E-state index contributed by atoms with van der Waals surface area (Å²) in [6.45, 7) is 0. The van der Waals surface area contributed by atoms with Crippen LogP contribution in [0.25, 0.3) is 0 Å². The largest absolute Gasteiger partial charge is 1.00 e. The molecular formula is H4K2Na3O12P3. The van der Waals surface area contributed by atoms with Crippen LogP contribution in [0.2, 0.25) is 0 Å². The van der Waals surface area contributed by atoms with Gasteiger partial charge in [-0.1, -0.05) is 0 Å². The van der Waals surface area contributed by atoms with Crippen LogP contribution in [0.15, 0.2) is 0 Å². The number of hydrogen-bond acceptors (Lipinski definition) is 8. The molecule has 20 heavy (non-hydrogen) atoms. The smallest absolute Gasteiger partial charge is 0.822 e. The molecule has 0 radical (unpaired) electrons. The van der Waals surface area contributed by atoms with Crippen LogP contribution < -0.4 is 216 Å². The van der Waals surface area contributed by atoms with E-state index in [4.69, 9.17) is 57.7 Å². The molecule has 0 aromatic rings. The summed E-state index contributed by atoms with van der Waals surface area (Å²) in [6.07, 6.45) is 0. The summed E-state index contributed by atoms with van der Waals surface area (Å²) in [4.78, 5) is 71.5. The van der Waals surface area contributed by atoms with E-state index in [9.17, 15) is 0 Å². The van der Waals surface area contributed by atoms with Gasteiger partial charge in [0.1, 0.15) is 0 Å². The van der Waals surface area contributed by atoms with Gasteiger partial charge in [-0.15, -0.1) is 0 Å². The zero-order valence-electron chi connectivity index (χ0n) is 11.4. The van der Waals surface area contributed by atoms with Crippen molar-refractivity contribution in [1.29, 1.82) is 0 Å². The fraction of sp³-hybridized carbons (Fsp3) is 0. The van der Waals surface area contributed by atoms with Crippen LogP contribution in [0.4, 0.5) is 0 Å². The molecule has 4 N–H and O–H groups in total. The van der Waals surface area contributed by atoms with E-state index in [1.165, 1.54) is 0 Å². The van der Waals surface area contributed by atoms with Crippen molar-refractivity contribution in [3.8, 4) is 0 Å². The van der Waals surface area contributed by atoms with Crippen molar-refractivity contribution in [2.45, 2.75) is 0 Å². The van der Waals surface area contributed by atoms with Crippen molar-refractivity contribution in [2.75, 3.05) is 0 Å². The normalized spacial score (nSPS) is 8.85. The monoisotopic (exact) mass is 436 g/mol. The van der Waals surface area contributed by atoms with Crippen molar-refractivity contribution in [1.82, 2.24) is 0 Å². The van der Waals surface area contributed by atoms with Gasteiger partial charge in [0.25, 0.3) is 15.6 Å². The molecule has 0 bridgehead atoms. The van der Waals surface area contributed by atoms with Crippen molar-refractivity contribution < 1.29 is 249 Å². The Kier molecular flexibility index (Phi) is 64.5. The molecule has 0 aliphatic carbocycles. The maximum Gasteiger partial charge on any atom is 1.00 e. The predicted molar refractivity (Wildman–Crippen MR) is 31.7 cm³/mol. The maximum atomic E-state index is 8.77. The van der Waals surface area contributed by atoms with Crippen LogP contribution in [0.1, 0.15) is 0 Å². The van der Waals surface area contributed by atoms with E-state index in [0.717, 1.165) is 0 Å². The third-order valence-electron chi connectivity index (χ3n) is 0. The summed E-state index contributed by atoms with van der Waals surface area (Å²) in [5.74, 6) is 0. The zero-order valence-corrected chi connectivity index (χ0v) is 26.3. The molecule has 0 rings (SSSR count). The Hall–Kier alpha value is 6.60. The van der Waals surface area contributed by atoms with Crippen LogP contribution in [0, 0.1) is 0 Å². The minimum Gasteiger partial charge on any atom is -0.822 e. The predicted octanol–water partition coefficient (Wildman–Crippen LogP) is -20.9. The van der Waals surface area contributed by atoms with Gasteiger partial charge in [0, 0.05) is 0 Å². The summed E-state index contributed by atoms with van der Waals surface area (Å²) in [5, 5.41) is 0. The quantitative estimate of drug-likeness (QED) is 0.204. The standard InChI is InChI=1S/2K.3Na.3H3O4P/c;;;;;3*1-5(2,3)4/h;;;;;3*(H3,1,2,3,4)/q5*+1;;;/p-5. The average molecular weight is 436 g/mol. The fourth-order valence-electron chi connectivity index (χ4n) is 0. The third kappa shape index (κ3) is 314. The van der Waals surface area contributed by atoms with Crippen LogP contribution in [-0.2, 0) is 13.7 Å². The van der Waals surface area contributed by atoms with Crippen molar-refractivity contribution >= 4 is 23.5 Å². The van der Waals surface area contributed by atoms with Crippen LogP contribution in [-0.4, -0.2) is 19.6 Å². The molecule has 0 aliphatic heterocycles. The van der Waals surface area contributed by atoms with Gasteiger partial charge in [0.2, 0.25) is 0 Å². The van der Waals surface area contributed by atoms with Gasteiger partial charge in [-0.3, -0.25) is 9.13 Å². The molecule has 0 aromatic carbocycles. The van der Waals surface area contributed by atoms with Gasteiger partial charge in [-0.2, -0.15) is 7.82 Å². The molecule has 0 unspecified atom stereocenters. The maximum absolute atomic E-state index is 8.77. The van der Waals surface area contributed by atoms with Crippen molar-refractivity contribution in [3.63, 3.8) is 0 Å². The van der Waals surface area contributed by atoms with E-state index in [2.05, 4.69) is 0 Å². The Morgan fingerprint density at radius 3 is 0.550 bits per heavy atom. The van der Waals surface area contributed by atoms with E-state index in [0.29, 0.717) is 0 Å². The Morgan fingerprint density at radius 1 is 0.550 bits per heavy atom. The van der Waals surface area contributed by atoms with Gasteiger partial charge >= 0.3 is 191 Å². The van der Waals surface area contributed by atoms with Crippen LogP contribution >= 0.6 is 23.5 Å². The van der Waals surface area contributed by atoms with Crippen LogP contribution in [0.5, 0.6) is 0 Å². The molecule has 0 atom stereocenters. The molecule has 0 saturated carbocycles. The summed E-state index contributed by atoms with van der Waals surface area (Å²) in [5.41, 5.74) is 0. The third-order valence-corrected chi connectivity index (χ3v) is 0. The second kappa shape index (κ2) is 25.6. The van der Waals surface area contributed by atoms with Gasteiger partial charge in [0.05, 0.1) is 0 Å². The van der Waals surface area contributed by atoms with Gasteiger partial charge in [-0.05, 0) is 0 Å². The number of hydrogen-bond donors (Lipinski definition) is 4. The average Bonchev–Trinajstić information content (AvgIpc) is 1.41. The van der Waals surface area contributed by atoms with E-state index in [1.54, 1.807) is 0 Å². The first-order chi connectivity index (χ1) is 6.00. The first-order valence-electron chi connectivity index (χ1n) is 2.26. The Bertz CT molecular complexity index is 218. The van der Waals surface area contributed by atoms with Crippen molar-refractivity contribution in [2.24, 2.45) is 0 Å². The summed E-state index contributed by atoms with van der Waals surface area (Å²) in [7, 11) is -15.2. The van der Waals surface area contributed by atoms with Gasteiger partial charge in [0.15, 0.2) is 0 Å². The second-order valence-corrected chi connectivity index (χ2v) is 4.29. The fourth-order valence-corrected chi connectivity index (χ4v) is 0.